The van der Waals surface area contributed by atoms with Gasteiger partial charge < -0.3 is 0 Å². The van der Waals surface area contributed by atoms with Gasteiger partial charge in [0.25, 0.3) is 0 Å². The summed E-state index contributed by atoms with van der Waals surface area (Å²) in [5.74, 6) is 0.896. The van der Waals surface area contributed by atoms with E-state index in [1.54, 1.807) is 0 Å². The van der Waals surface area contributed by atoms with Gasteiger partial charge in [-0.3, -0.25) is 4.90 Å². The number of hydrogen-bond donors (Lipinski definition) is 0. The van der Waals surface area contributed by atoms with E-state index in [0.29, 0.717) is 0 Å². The molecule has 1 heteroatoms. The van der Waals surface area contributed by atoms with Gasteiger partial charge in [-0.05, 0) is 55.5 Å². The number of likely N-dealkylation sites (tertiary alicyclic amines) is 1. The average molecular weight is 279 g/mol. The zero-order chi connectivity index (χ0) is 14.7. The second-order valence-corrected chi connectivity index (χ2v) is 6.49. The van der Waals surface area contributed by atoms with Gasteiger partial charge in [-0.1, -0.05) is 61.0 Å². The predicted molar refractivity (Wildman–Crippen MR) is 90.3 cm³/mol. The van der Waals surface area contributed by atoms with Crippen molar-refractivity contribution in [1.82, 2.24) is 4.90 Å². The first-order chi connectivity index (χ1) is 10.2. The minimum absolute atomic E-state index is 0.896. The molecule has 1 aliphatic rings. The first-order valence-electron chi connectivity index (χ1n) is 8.09. The van der Waals surface area contributed by atoms with Crippen LogP contribution in [0.2, 0.25) is 0 Å². The molecule has 0 N–H and O–H groups in total. The normalized spacial score (nSPS) is 17.0. The monoisotopic (exact) mass is 279 g/mol. The maximum absolute atomic E-state index is 2.61. The van der Waals surface area contributed by atoms with Gasteiger partial charge in [0.05, 0.1) is 0 Å². The summed E-state index contributed by atoms with van der Waals surface area (Å²) in [6, 6.07) is 17.6. The molecule has 2 aromatic carbocycles. The molecule has 0 bridgehead atoms. The Bertz CT molecular complexity index is 580. The molecule has 0 spiro atoms. The van der Waals surface area contributed by atoms with Crippen molar-refractivity contribution < 1.29 is 0 Å². The van der Waals surface area contributed by atoms with Crippen molar-refractivity contribution in [3.05, 3.63) is 59.7 Å². The Morgan fingerprint density at radius 1 is 1.00 bits per heavy atom. The molecular formula is C20H25N. The number of piperidine rings is 1. The summed E-state index contributed by atoms with van der Waals surface area (Å²) in [6.45, 7) is 8.13. The zero-order valence-corrected chi connectivity index (χ0v) is 13.2. The van der Waals surface area contributed by atoms with Gasteiger partial charge >= 0.3 is 0 Å². The van der Waals surface area contributed by atoms with Crippen LogP contribution in [0.4, 0.5) is 0 Å². The summed E-state index contributed by atoms with van der Waals surface area (Å²) in [4.78, 5) is 2.61. The first-order valence-corrected chi connectivity index (χ1v) is 8.09. The molecule has 1 fully saturated rings. The van der Waals surface area contributed by atoms with E-state index in [4.69, 9.17) is 0 Å². The summed E-state index contributed by atoms with van der Waals surface area (Å²) >= 11 is 0. The standard InChI is InChI=1S/C20H25N/c1-16-10-12-21(13-11-16)15-19-14-17(2)8-9-20(19)18-6-4-3-5-7-18/h3-9,14,16H,10-13,15H2,1-2H3. The third kappa shape index (κ3) is 3.54. The van der Waals surface area contributed by atoms with Crippen LogP contribution in [0.15, 0.2) is 48.5 Å². The summed E-state index contributed by atoms with van der Waals surface area (Å²) in [6.07, 6.45) is 2.68. The minimum atomic E-state index is 0.896. The lowest BCUT2D eigenvalue weighted by Crippen LogP contribution is -2.32. The summed E-state index contributed by atoms with van der Waals surface area (Å²) < 4.78 is 0. The topological polar surface area (TPSA) is 3.24 Å². The Morgan fingerprint density at radius 3 is 2.43 bits per heavy atom. The molecule has 0 amide bonds. The van der Waals surface area contributed by atoms with Crippen molar-refractivity contribution in [2.24, 2.45) is 5.92 Å². The largest absolute Gasteiger partial charge is 0.299 e. The summed E-state index contributed by atoms with van der Waals surface area (Å²) in [5.41, 5.74) is 5.54. The van der Waals surface area contributed by atoms with E-state index in [0.717, 1.165) is 12.5 Å². The van der Waals surface area contributed by atoms with Crippen LogP contribution in [-0.2, 0) is 6.54 Å². The zero-order valence-electron chi connectivity index (χ0n) is 13.2. The lowest BCUT2D eigenvalue weighted by Gasteiger charge is -2.31. The highest BCUT2D eigenvalue weighted by Gasteiger charge is 2.17. The molecule has 1 heterocycles. The minimum Gasteiger partial charge on any atom is -0.299 e. The van der Waals surface area contributed by atoms with Crippen LogP contribution in [0.3, 0.4) is 0 Å². The third-order valence-corrected chi connectivity index (χ3v) is 4.62. The highest BCUT2D eigenvalue weighted by molar-refractivity contribution is 5.67. The molecule has 3 rings (SSSR count). The Kier molecular flexibility index (Phi) is 4.40. The van der Waals surface area contributed by atoms with Crippen LogP contribution in [0.25, 0.3) is 11.1 Å². The molecule has 0 atom stereocenters. The van der Waals surface area contributed by atoms with Crippen molar-refractivity contribution in [1.29, 1.82) is 0 Å². The van der Waals surface area contributed by atoms with Crippen LogP contribution in [-0.4, -0.2) is 18.0 Å². The fourth-order valence-electron chi connectivity index (χ4n) is 3.21. The Hall–Kier alpha value is -1.60. The number of benzene rings is 2. The Morgan fingerprint density at radius 2 is 1.71 bits per heavy atom. The number of rotatable bonds is 3. The van der Waals surface area contributed by atoms with Gasteiger partial charge in [-0.25, -0.2) is 0 Å². The summed E-state index contributed by atoms with van der Waals surface area (Å²) in [7, 11) is 0. The molecule has 1 saturated heterocycles. The van der Waals surface area contributed by atoms with Crippen molar-refractivity contribution in [3.63, 3.8) is 0 Å². The Balaban J connectivity index is 1.85. The van der Waals surface area contributed by atoms with E-state index in [-0.39, 0.29) is 0 Å². The van der Waals surface area contributed by atoms with Gasteiger partial charge in [0.1, 0.15) is 0 Å². The lowest BCUT2D eigenvalue weighted by molar-refractivity contribution is 0.185. The number of nitrogens with zero attached hydrogens (tertiary/aromatic N) is 1. The van der Waals surface area contributed by atoms with Crippen molar-refractivity contribution in [3.8, 4) is 11.1 Å². The number of hydrogen-bond acceptors (Lipinski definition) is 1. The van der Waals surface area contributed by atoms with E-state index < -0.39 is 0 Å². The van der Waals surface area contributed by atoms with Gasteiger partial charge in [0.15, 0.2) is 0 Å². The van der Waals surface area contributed by atoms with E-state index in [1.165, 1.54) is 48.2 Å². The first kappa shape index (κ1) is 14.3. The molecule has 0 unspecified atom stereocenters. The van der Waals surface area contributed by atoms with Crippen molar-refractivity contribution in [2.45, 2.75) is 33.2 Å². The van der Waals surface area contributed by atoms with E-state index >= 15 is 0 Å². The van der Waals surface area contributed by atoms with Crippen molar-refractivity contribution >= 4 is 0 Å². The highest BCUT2D eigenvalue weighted by Crippen LogP contribution is 2.27. The fraction of sp³-hybridized carbons (Fsp3) is 0.400. The van der Waals surface area contributed by atoms with Crippen molar-refractivity contribution in [2.75, 3.05) is 13.1 Å². The maximum atomic E-state index is 2.61. The van der Waals surface area contributed by atoms with Crippen LogP contribution in [0.1, 0.15) is 30.9 Å². The SMILES string of the molecule is Cc1ccc(-c2ccccc2)c(CN2CCC(C)CC2)c1. The molecular weight excluding hydrogens is 254 g/mol. The average Bonchev–Trinajstić information content (AvgIpc) is 2.51. The molecule has 1 aliphatic heterocycles. The molecule has 0 aromatic heterocycles. The highest BCUT2D eigenvalue weighted by atomic mass is 15.1. The fourth-order valence-corrected chi connectivity index (χ4v) is 3.21. The van der Waals surface area contributed by atoms with Crippen LogP contribution >= 0.6 is 0 Å². The molecule has 110 valence electrons. The predicted octanol–water partition coefficient (Wildman–Crippen LogP) is 4.89. The van der Waals surface area contributed by atoms with Gasteiger partial charge in [-0.15, -0.1) is 0 Å². The van der Waals surface area contributed by atoms with Gasteiger partial charge in [0.2, 0.25) is 0 Å². The molecule has 1 nitrogen and oxygen atoms in total. The molecule has 0 aliphatic carbocycles. The molecule has 0 radical (unpaired) electrons. The number of aryl methyl sites for hydroxylation is 1. The molecule has 21 heavy (non-hydrogen) atoms. The second-order valence-electron chi connectivity index (χ2n) is 6.49. The van der Waals surface area contributed by atoms with Gasteiger partial charge in [-0.2, -0.15) is 0 Å². The Labute approximate surface area is 128 Å². The second kappa shape index (κ2) is 6.44. The smallest absolute Gasteiger partial charge is 0.0240 e. The van der Waals surface area contributed by atoms with Gasteiger partial charge in [0, 0.05) is 6.54 Å². The van der Waals surface area contributed by atoms with Crippen LogP contribution in [0.5, 0.6) is 0 Å². The maximum Gasteiger partial charge on any atom is 0.0240 e. The molecule has 2 aromatic rings. The van der Waals surface area contributed by atoms with Crippen LogP contribution in [0, 0.1) is 12.8 Å². The van der Waals surface area contributed by atoms with E-state index in [1.807, 2.05) is 0 Å². The molecule has 0 saturated carbocycles. The summed E-state index contributed by atoms with van der Waals surface area (Å²) in [5, 5.41) is 0. The third-order valence-electron chi connectivity index (χ3n) is 4.62. The lowest BCUT2D eigenvalue weighted by atomic mass is 9.95. The van der Waals surface area contributed by atoms with Crippen LogP contribution < -0.4 is 0 Å². The van der Waals surface area contributed by atoms with E-state index in [2.05, 4.69) is 67.3 Å². The van der Waals surface area contributed by atoms with E-state index in [9.17, 15) is 0 Å². The quantitative estimate of drug-likeness (QED) is 0.773.